The van der Waals surface area contributed by atoms with Crippen LogP contribution >= 0.6 is 11.8 Å². The van der Waals surface area contributed by atoms with E-state index in [1.807, 2.05) is 48.0 Å². The molecule has 0 unspecified atom stereocenters. The van der Waals surface area contributed by atoms with E-state index >= 15 is 0 Å². The molecule has 0 radical (unpaired) electrons. The van der Waals surface area contributed by atoms with Crippen molar-refractivity contribution >= 4 is 23.4 Å². The molecule has 144 valence electrons. The summed E-state index contributed by atoms with van der Waals surface area (Å²) in [5.41, 5.74) is 8.61. The Labute approximate surface area is 167 Å². The number of ether oxygens (including phenoxy) is 1. The van der Waals surface area contributed by atoms with E-state index in [0.29, 0.717) is 11.3 Å². The maximum absolute atomic E-state index is 12.3. The lowest BCUT2D eigenvalue weighted by atomic mass is 10.1. The first-order valence-corrected chi connectivity index (χ1v) is 9.51. The van der Waals surface area contributed by atoms with Gasteiger partial charge in [-0.1, -0.05) is 30.5 Å². The normalized spacial score (nSPS) is 10.4. The number of thioether (sulfide) groups is 1. The number of methoxy groups -OCH3 is 1. The maximum atomic E-state index is 12.3. The van der Waals surface area contributed by atoms with E-state index in [1.54, 1.807) is 37.3 Å². The van der Waals surface area contributed by atoms with Crippen LogP contribution in [0.4, 0.5) is 0 Å². The minimum Gasteiger partial charge on any atom is -0.497 e. The van der Waals surface area contributed by atoms with Gasteiger partial charge in [-0.15, -0.1) is 10.2 Å². The highest BCUT2D eigenvalue weighted by Crippen LogP contribution is 2.20. The highest BCUT2D eigenvalue weighted by Gasteiger charge is 2.07. The van der Waals surface area contributed by atoms with Gasteiger partial charge in [0.25, 0.3) is 5.91 Å². The van der Waals surface area contributed by atoms with Crippen LogP contribution in [-0.2, 0) is 12.8 Å². The molecule has 0 atom stereocenters. The van der Waals surface area contributed by atoms with E-state index in [4.69, 9.17) is 4.74 Å². The number of benzene rings is 2. The minimum absolute atomic E-state index is 0.234. The lowest BCUT2D eigenvalue weighted by Gasteiger charge is -2.12. The molecule has 0 saturated carbocycles. The number of rotatable bonds is 8. The van der Waals surface area contributed by atoms with Gasteiger partial charge in [-0.3, -0.25) is 15.6 Å². The number of hydrogen-bond donors (Lipinski definition) is 2. The summed E-state index contributed by atoms with van der Waals surface area (Å²) in [6.07, 6.45) is 1.67. The van der Waals surface area contributed by atoms with Gasteiger partial charge in [0, 0.05) is 18.4 Å². The zero-order valence-corrected chi connectivity index (χ0v) is 16.5. The van der Waals surface area contributed by atoms with E-state index < -0.39 is 0 Å². The fourth-order valence-electron chi connectivity index (χ4n) is 2.37. The Balaban J connectivity index is 1.51. The van der Waals surface area contributed by atoms with Gasteiger partial charge in [-0.05, 0) is 47.5 Å². The molecule has 2 N–H and O–H groups in total. The molecule has 0 spiro atoms. The molecule has 8 heteroatoms. The summed E-state index contributed by atoms with van der Waals surface area (Å²) in [4.78, 5) is 12.3. The van der Waals surface area contributed by atoms with Crippen molar-refractivity contribution in [1.29, 1.82) is 0 Å². The first-order valence-electron chi connectivity index (χ1n) is 8.52. The van der Waals surface area contributed by atoms with Crippen LogP contribution in [0.25, 0.3) is 5.70 Å². The Morgan fingerprint density at radius 3 is 2.39 bits per heavy atom. The SMILES string of the molecule is C=C(NNC(=O)c1ccc(CSc2nncn2C)cc1)c1ccc(OC)cc1. The summed E-state index contributed by atoms with van der Waals surface area (Å²) < 4.78 is 7.00. The number of nitrogens with zero attached hydrogens (tertiary/aromatic N) is 3. The summed E-state index contributed by atoms with van der Waals surface area (Å²) in [7, 11) is 3.52. The van der Waals surface area contributed by atoms with Crippen LogP contribution in [0.2, 0.25) is 0 Å². The molecule has 7 nitrogen and oxygen atoms in total. The Bertz CT molecular complexity index is 951. The van der Waals surface area contributed by atoms with Gasteiger partial charge < -0.3 is 9.30 Å². The Morgan fingerprint density at radius 2 is 1.79 bits per heavy atom. The summed E-state index contributed by atoms with van der Waals surface area (Å²) in [5.74, 6) is 1.28. The van der Waals surface area contributed by atoms with Crippen molar-refractivity contribution in [3.05, 3.63) is 78.1 Å². The molecule has 0 bridgehead atoms. The van der Waals surface area contributed by atoms with Gasteiger partial charge in [0.15, 0.2) is 5.16 Å². The molecule has 3 aromatic rings. The fraction of sp³-hybridized carbons (Fsp3) is 0.150. The Kier molecular flexibility index (Phi) is 6.33. The maximum Gasteiger partial charge on any atom is 0.269 e. The van der Waals surface area contributed by atoms with E-state index in [9.17, 15) is 4.79 Å². The molecular formula is C20H21N5O2S. The Hall–Kier alpha value is -3.26. The lowest BCUT2D eigenvalue weighted by molar-refractivity contribution is 0.0942. The Morgan fingerprint density at radius 1 is 1.11 bits per heavy atom. The second-order valence-electron chi connectivity index (χ2n) is 6.00. The van der Waals surface area contributed by atoms with E-state index in [2.05, 4.69) is 27.6 Å². The second-order valence-corrected chi connectivity index (χ2v) is 6.94. The van der Waals surface area contributed by atoms with Crippen molar-refractivity contribution in [3.8, 4) is 5.75 Å². The highest BCUT2D eigenvalue weighted by atomic mass is 32.2. The first-order chi connectivity index (χ1) is 13.6. The minimum atomic E-state index is -0.234. The first kappa shape index (κ1) is 19.5. The van der Waals surface area contributed by atoms with Crippen LogP contribution in [-0.4, -0.2) is 27.8 Å². The number of amides is 1. The van der Waals surface area contributed by atoms with Crippen molar-refractivity contribution in [3.63, 3.8) is 0 Å². The predicted octanol–water partition coefficient (Wildman–Crippen LogP) is 3.02. The molecule has 1 aromatic heterocycles. The number of hydrazine groups is 1. The van der Waals surface area contributed by atoms with Gasteiger partial charge in [0.2, 0.25) is 0 Å². The number of carbonyl (C=O) groups is 1. The van der Waals surface area contributed by atoms with Crippen LogP contribution < -0.4 is 15.6 Å². The van der Waals surface area contributed by atoms with Crippen molar-refractivity contribution < 1.29 is 9.53 Å². The summed E-state index contributed by atoms with van der Waals surface area (Å²) in [5, 5.41) is 8.75. The molecule has 2 aromatic carbocycles. The van der Waals surface area contributed by atoms with E-state index in [-0.39, 0.29) is 5.91 Å². The number of carbonyl (C=O) groups excluding carboxylic acids is 1. The molecule has 0 aliphatic rings. The molecule has 0 saturated heterocycles. The molecule has 0 fully saturated rings. The monoisotopic (exact) mass is 395 g/mol. The van der Waals surface area contributed by atoms with Gasteiger partial charge in [0.05, 0.1) is 12.8 Å². The fourth-order valence-corrected chi connectivity index (χ4v) is 3.22. The summed E-state index contributed by atoms with van der Waals surface area (Å²) >= 11 is 1.59. The zero-order chi connectivity index (χ0) is 19.9. The summed E-state index contributed by atoms with van der Waals surface area (Å²) in [6.45, 7) is 3.93. The van der Waals surface area contributed by atoms with Crippen LogP contribution in [0.15, 0.2) is 66.6 Å². The van der Waals surface area contributed by atoms with Crippen LogP contribution in [0.5, 0.6) is 5.75 Å². The van der Waals surface area contributed by atoms with Crippen LogP contribution in [0, 0.1) is 0 Å². The zero-order valence-electron chi connectivity index (χ0n) is 15.7. The average molecular weight is 395 g/mol. The smallest absolute Gasteiger partial charge is 0.269 e. The molecule has 3 rings (SSSR count). The van der Waals surface area contributed by atoms with Crippen LogP contribution in [0.1, 0.15) is 21.5 Å². The van der Waals surface area contributed by atoms with Crippen molar-refractivity contribution in [2.24, 2.45) is 7.05 Å². The van der Waals surface area contributed by atoms with E-state index in [1.165, 1.54) is 0 Å². The third-order valence-corrected chi connectivity index (χ3v) is 5.12. The van der Waals surface area contributed by atoms with Gasteiger partial charge >= 0.3 is 0 Å². The van der Waals surface area contributed by atoms with Crippen LogP contribution in [0.3, 0.4) is 0 Å². The molecule has 0 aliphatic carbocycles. The molecular weight excluding hydrogens is 374 g/mol. The lowest BCUT2D eigenvalue weighted by Crippen LogP contribution is -2.35. The topological polar surface area (TPSA) is 81.1 Å². The second kappa shape index (κ2) is 9.09. The predicted molar refractivity (Wildman–Crippen MR) is 110 cm³/mol. The summed E-state index contributed by atoms with van der Waals surface area (Å²) in [6, 6.07) is 14.8. The molecule has 1 heterocycles. The quantitative estimate of drug-likeness (QED) is 0.451. The molecule has 1 amide bonds. The number of hydrogen-bond acceptors (Lipinski definition) is 6. The van der Waals surface area contributed by atoms with Crippen molar-refractivity contribution in [2.45, 2.75) is 10.9 Å². The standard InChI is InChI=1S/C20H21N5O2S/c1-14(16-8-10-18(27-3)11-9-16)22-23-19(26)17-6-4-15(5-7-17)12-28-20-24-21-13-25(20)2/h4-11,13,22H,1,12H2,2-3H3,(H,23,26). The van der Waals surface area contributed by atoms with Crippen molar-refractivity contribution in [2.75, 3.05) is 7.11 Å². The largest absolute Gasteiger partial charge is 0.497 e. The molecule has 28 heavy (non-hydrogen) atoms. The van der Waals surface area contributed by atoms with Gasteiger partial charge in [-0.2, -0.15) is 0 Å². The van der Waals surface area contributed by atoms with E-state index in [0.717, 1.165) is 27.8 Å². The van der Waals surface area contributed by atoms with Crippen molar-refractivity contribution in [1.82, 2.24) is 25.6 Å². The number of nitrogens with one attached hydrogen (secondary N) is 2. The molecule has 0 aliphatic heterocycles. The number of aromatic nitrogens is 3. The highest BCUT2D eigenvalue weighted by molar-refractivity contribution is 7.98. The van der Waals surface area contributed by atoms with Gasteiger partial charge in [0.1, 0.15) is 12.1 Å². The third kappa shape index (κ3) is 4.92. The number of aryl methyl sites for hydroxylation is 1. The van der Waals surface area contributed by atoms with Gasteiger partial charge in [-0.25, -0.2) is 0 Å². The third-order valence-electron chi connectivity index (χ3n) is 4.02. The average Bonchev–Trinajstić information content (AvgIpc) is 3.15.